The maximum Gasteiger partial charge on any atom is 0.490 e. The summed E-state index contributed by atoms with van der Waals surface area (Å²) in [5.41, 5.74) is 1.32. The Labute approximate surface area is 258 Å². The molecular weight excluding hydrogens is 618 g/mol. The highest BCUT2D eigenvalue weighted by atomic mass is 19.4. The van der Waals surface area contributed by atoms with Crippen molar-refractivity contribution >= 4 is 28.6 Å². The van der Waals surface area contributed by atoms with E-state index < -0.39 is 18.1 Å². The number of hydrogen-bond donors (Lipinski definition) is 2. The van der Waals surface area contributed by atoms with Crippen molar-refractivity contribution in [1.29, 1.82) is 0 Å². The van der Waals surface area contributed by atoms with Gasteiger partial charge in [-0.3, -0.25) is 9.78 Å². The molecule has 0 saturated carbocycles. The Hall–Kier alpha value is -5.93. The van der Waals surface area contributed by atoms with Gasteiger partial charge >= 0.3 is 12.1 Å². The number of nitrogens with zero attached hydrogens (tertiary/aromatic N) is 4. The van der Waals surface area contributed by atoms with Crippen LogP contribution in [0.25, 0.3) is 16.6 Å². The predicted octanol–water partition coefficient (Wildman–Crippen LogP) is 6.05. The van der Waals surface area contributed by atoms with Crippen molar-refractivity contribution in [1.82, 2.24) is 19.7 Å². The van der Waals surface area contributed by atoms with E-state index in [2.05, 4.69) is 20.4 Å². The Morgan fingerprint density at radius 3 is 2.20 bits per heavy atom. The molecule has 0 aliphatic carbocycles. The number of carboxylic acids is 1. The summed E-state index contributed by atoms with van der Waals surface area (Å²) in [6.45, 7) is 2.14. The standard InChI is InChI=1S/C28H24FN5O5.C2HF3O2/c1-4-38-25-16-34(18-7-5-17(29)6-8-18)33-27(25)28(35)32-26-10-9-19(15-31-26)39-22-11-12-30-21-14-24(37-3)23(36-2)13-20(21)22;3-2(4,5)1(6)7/h5-16H,4H2,1-3H3,(H,31,32,35);(H,6,7). The topological polar surface area (TPSA) is 147 Å². The molecule has 5 rings (SSSR count). The lowest BCUT2D eigenvalue weighted by Gasteiger charge is -2.12. The van der Waals surface area contributed by atoms with Crippen LogP contribution in [0.1, 0.15) is 17.4 Å². The number of ether oxygens (including phenoxy) is 4. The number of carboxylic acid groups (broad SMARTS) is 1. The van der Waals surface area contributed by atoms with Gasteiger partial charge in [0.25, 0.3) is 5.91 Å². The lowest BCUT2D eigenvalue weighted by molar-refractivity contribution is -0.192. The van der Waals surface area contributed by atoms with E-state index in [1.54, 1.807) is 76.0 Å². The van der Waals surface area contributed by atoms with Crippen molar-refractivity contribution in [3.8, 4) is 34.4 Å². The number of fused-ring (bicyclic) bond motifs is 1. The summed E-state index contributed by atoms with van der Waals surface area (Å²) in [5.74, 6) is -0.955. The van der Waals surface area contributed by atoms with Crippen LogP contribution < -0.4 is 24.3 Å². The molecular formula is C30H25F4N5O7. The fraction of sp³-hybridized carbons (Fsp3) is 0.167. The molecule has 3 aromatic heterocycles. The number of hydrogen-bond acceptors (Lipinski definition) is 9. The molecule has 46 heavy (non-hydrogen) atoms. The first-order valence-electron chi connectivity index (χ1n) is 13.2. The third-order valence-electron chi connectivity index (χ3n) is 5.94. The van der Waals surface area contributed by atoms with Crippen molar-refractivity contribution in [3.63, 3.8) is 0 Å². The fourth-order valence-electron chi connectivity index (χ4n) is 3.86. The van der Waals surface area contributed by atoms with Gasteiger partial charge in [0.05, 0.1) is 44.4 Å². The van der Waals surface area contributed by atoms with Gasteiger partial charge in [0.2, 0.25) is 0 Å². The van der Waals surface area contributed by atoms with E-state index >= 15 is 0 Å². The molecule has 0 saturated heterocycles. The summed E-state index contributed by atoms with van der Waals surface area (Å²) in [5, 5.41) is 14.9. The molecule has 1 amide bonds. The van der Waals surface area contributed by atoms with Crippen molar-refractivity contribution in [2.45, 2.75) is 13.1 Å². The van der Waals surface area contributed by atoms with Crippen LogP contribution in [0, 0.1) is 5.82 Å². The number of amides is 1. The molecule has 240 valence electrons. The van der Waals surface area contributed by atoms with Crippen LogP contribution in [0.2, 0.25) is 0 Å². The molecule has 2 aromatic carbocycles. The number of carbonyl (C=O) groups is 2. The van der Waals surface area contributed by atoms with Crippen molar-refractivity contribution in [2.75, 3.05) is 26.1 Å². The van der Waals surface area contributed by atoms with Crippen LogP contribution in [-0.2, 0) is 4.79 Å². The molecule has 0 aliphatic heterocycles. The zero-order valence-corrected chi connectivity index (χ0v) is 24.3. The van der Waals surface area contributed by atoms with E-state index in [9.17, 15) is 22.4 Å². The van der Waals surface area contributed by atoms with Crippen LogP contribution in [-0.4, -0.2) is 63.7 Å². The number of pyridine rings is 2. The van der Waals surface area contributed by atoms with E-state index in [-0.39, 0.29) is 23.1 Å². The third-order valence-corrected chi connectivity index (χ3v) is 5.94. The van der Waals surface area contributed by atoms with Crippen molar-refractivity contribution in [3.05, 3.63) is 84.7 Å². The molecule has 5 aromatic rings. The summed E-state index contributed by atoms with van der Waals surface area (Å²) < 4.78 is 68.9. The van der Waals surface area contributed by atoms with Crippen LogP contribution in [0.5, 0.6) is 28.7 Å². The molecule has 0 unspecified atom stereocenters. The lowest BCUT2D eigenvalue weighted by Crippen LogP contribution is -2.21. The maximum absolute atomic E-state index is 13.3. The summed E-state index contributed by atoms with van der Waals surface area (Å²) in [7, 11) is 3.12. The number of aromatic nitrogens is 4. The summed E-state index contributed by atoms with van der Waals surface area (Å²) in [6.07, 6.45) is -0.393. The zero-order chi connectivity index (χ0) is 33.4. The average Bonchev–Trinajstić information content (AvgIpc) is 3.46. The quantitative estimate of drug-likeness (QED) is 0.182. The van der Waals surface area contributed by atoms with E-state index in [0.717, 1.165) is 5.39 Å². The van der Waals surface area contributed by atoms with E-state index in [1.165, 1.54) is 23.0 Å². The average molecular weight is 644 g/mol. The predicted molar refractivity (Wildman–Crippen MR) is 155 cm³/mol. The van der Waals surface area contributed by atoms with Gasteiger partial charge in [-0.2, -0.15) is 18.3 Å². The summed E-state index contributed by atoms with van der Waals surface area (Å²) in [4.78, 5) is 30.6. The molecule has 0 fully saturated rings. The zero-order valence-electron chi connectivity index (χ0n) is 24.3. The Balaban J connectivity index is 0.000000617. The molecule has 0 aliphatic rings. The van der Waals surface area contributed by atoms with Crippen LogP contribution in [0.15, 0.2) is 73.2 Å². The minimum absolute atomic E-state index is 0.0657. The van der Waals surface area contributed by atoms with Gasteiger partial charge < -0.3 is 29.4 Å². The minimum Gasteiger partial charge on any atom is -0.493 e. The van der Waals surface area contributed by atoms with Gasteiger partial charge in [-0.05, 0) is 55.5 Å². The van der Waals surface area contributed by atoms with E-state index in [1.807, 2.05) is 0 Å². The van der Waals surface area contributed by atoms with Gasteiger partial charge in [-0.15, -0.1) is 0 Å². The van der Waals surface area contributed by atoms with Crippen LogP contribution in [0.4, 0.5) is 23.4 Å². The van der Waals surface area contributed by atoms with Gasteiger partial charge in [0, 0.05) is 17.6 Å². The van der Waals surface area contributed by atoms with Gasteiger partial charge in [-0.1, -0.05) is 0 Å². The molecule has 3 heterocycles. The van der Waals surface area contributed by atoms with Crippen molar-refractivity contribution < 1.29 is 51.2 Å². The largest absolute Gasteiger partial charge is 0.493 e. The highest BCUT2D eigenvalue weighted by molar-refractivity contribution is 6.04. The molecule has 0 spiro atoms. The Bertz CT molecular complexity index is 1830. The maximum atomic E-state index is 13.3. The number of aliphatic carboxylic acids is 1. The summed E-state index contributed by atoms with van der Waals surface area (Å²) in [6, 6.07) is 14.3. The second-order valence-electron chi connectivity index (χ2n) is 8.97. The molecule has 2 N–H and O–H groups in total. The smallest absolute Gasteiger partial charge is 0.490 e. The number of halogens is 4. The Kier molecular flexibility index (Phi) is 10.2. The van der Waals surface area contributed by atoms with Gasteiger partial charge in [-0.25, -0.2) is 18.9 Å². The van der Waals surface area contributed by atoms with E-state index in [0.29, 0.717) is 40.8 Å². The SMILES string of the molecule is CCOc1cn(-c2ccc(F)cc2)nc1C(=O)Nc1ccc(Oc2ccnc3cc(OC)c(OC)cc23)cn1.O=C(O)C(F)(F)F. The monoisotopic (exact) mass is 643 g/mol. The van der Waals surface area contributed by atoms with Gasteiger partial charge in [0.1, 0.15) is 23.1 Å². The van der Waals surface area contributed by atoms with E-state index in [4.69, 9.17) is 28.8 Å². The highest BCUT2D eigenvalue weighted by Gasteiger charge is 2.38. The first-order valence-corrected chi connectivity index (χ1v) is 13.2. The van der Waals surface area contributed by atoms with Crippen LogP contribution >= 0.6 is 0 Å². The second-order valence-corrected chi connectivity index (χ2v) is 8.97. The highest BCUT2D eigenvalue weighted by Crippen LogP contribution is 2.37. The third kappa shape index (κ3) is 7.96. The number of alkyl halides is 3. The van der Waals surface area contributed by atoms with Gasteiger partial charge in [0.15, 0.2) is 22.9 Å². The molecule has 0 bridgehead atoms. The van der Waals surface area contributed by atoms with Crippen molar-refractivity contribution in [2.24, 2.45) is 0 Å². The Morgan fingerprint density at radius 1 is 0.935 bits per heavy atom. The molecule has 0 radical (unpaired) electrons. The number of anilines is 1. The molecule has 12 nitrogen and oxygen atoms in total. The minimum atomic E-state index is -5.08. The number of nitrogens with one attached hydrogen (secondary N) is 1. The lowest BCUT2D eigenvalue weighted by atomic mass is 10.2. The van der Waals surface area contributed by atoms with Crippen LogP contribution in [0.3, 0.4) is 0 Å². The normalized spacial score (nSPS) is 10.8. The first kappa shape index (κ1) is 33.0. The Morgan fingerprint density at radius 2 is 1.61 bits per heavy atom. The number of rotatable bonds is 9. The number of carbonyl (C=O) groups excluding carboxylic acids is 1. The molecule has 16 heteroatoms. The second kappa shape index (κ2) is 14.2. The number of methoxy groups -OCH3 is 2. The first-order chi connectivity index (χ1) is 21.9. The fourth-order valence-corrected chi connectivity index (χ4v) is 3.86. The number of benzene rings is 2. The summed E-state index contributed by atoms with van der Waals surface area (Å²) >= 11 is 0. The molecule has 0 atom stereocenters.